The average molecular weight is 300 g/mol. The smallest absolute Gasteiger partial charge is 0.259 e. The van der Waals surface area contributed by atoms with Gasteiger partial charge in [0.05, 0.1) is 19.3 Å². The molecule has 5 nitrogen and oxygen atoms in total. The van der Waals surface area contributed by atoms with Gasteiger partial charge < -0.3 is 20.1 Å². The van der Waals surface area contributed by atoms with Gasteiger partial charge in [-0.05, 0) is 36.4 Å². The molecule has 0 saturated heterocycles. The minimum absolute atomic E-state index is 0.197. The second-order valence-corrected chi connectivity index (χ2v) is 4.65. The number of rotatable bonds is 7. The van der Waals surface area contributed by atoms with Crippen molar-refractivity contribution in [1.82, 2.24) is 0 Å². The molecule has 0 bridgehead atoms. The Balaban J connectivity index is 1.99. The summed E-state index contributed by atoms with van der Waals surface area (Å²) < 4.78 is 10.2. The van der Waals surface area contributed by atoms with E-state index in [1.165, 1.54) is 0 Å². The summed E-state index contributed by atoms with van der Waals surface area (Å²) in [6.07, 6.45) is 0. The van der Waals surface area contributed by atoms with Crippen LogP contribution in [0, 0.1) is 0 Å². The summed E-state index contributed by atoms with van der Waals surface area (Å²) >= 11 is 0. The zero-order chi connectivity index (χ0) is 15.8. The number of hydrogen-bond acceptors (Lipinski definition) is 4. The maximum atomic E-state index is 12.3. The number of anilines is 2. The van der Waals surface area contributed by atoms with E-state index < -0.39 is 0 Å². The van der Waals surface area contributed by atoms with Crippen molar-refractivity contribution in [3.8, 4) is 5.75 Å². The van der Waals surface area contributed by atoms with Crippen molar-refractivity contribution in [2.24, 2.45) is 0 Å². The standard InChI is InChI=1S/C17H20N2O3/c1-21-12-11-18-13-7-9-14(10-8-13)19-17(20)15-5-3-4-6-16(15)22-2/h3-10,18H,11-12H2,1-2H3,(H,19,20). The number of ether oxygens (including phenoxy) is 2. The molecule has 0 saturated carbocycles. The fraction of sp³-hybridized carbons (Fsp3) is 0.235. The molecule has 22 heavy (non-hydrogen) atoms. The lowest BCUT2D eigenvalue weighted by atomic mass is 10.2. The van der Waals surface area contributed by atoms with E-state index in [1.807, 2.05) is 30.3 Å². The number of benzene rings is 2. The molecular weight excluding hydrogens is 280 g/mol. The molecule has 5 heteroatoms. The summed E-state index contributed by atoms with van der Waals surface area (Å²) in [7, 11) is 3.21. The molecule has 0 radical (unpaired) electrons. The number of para-hydroxylation sites is 1. The minimum atomic E-state index is -0.197. The van der Waals surface area contributed by atoms with Crippen LogP contribution in [0.1, 0.15) is 10.4 Å². The summed E-state index contributed by atoms with van der Waals surface area (Å²) in [6.45, 7) is 1.38. The highest BCUT2D eigenvalue weighted by Gasteiger charge is 2.11. The number of carbonyl (C=O) groups excluding carboxylic acids is 1. The van der Waals surface area contributed by atoms with Gasteiger partial charge in [-0.2, -0.15) is 0 Å². The van der Waals surface area contributed by atoms with Crippen molar-refractivity contribution >= 4 is 17.3 Å². The molecule has 0 aromatic heterocycles. The summed E-state index contributed by atoms with van der Waals surface area (Å²) in [5.74, 6) is 0.357. The van der Waals surface area contributed by atoms with Crippen molar-refractivity contribution in [3.63, 3.8) is 0 Å². The molecule has 116 valence electrons. The molecule has 0 fully saturated rings. The Kier molecular flexibility index (Phi) is 5.80. The van der Waals surface area contributed by atoms with Crippen LogP contribution in [0.5, 0.6) is 5.75 Å². The summed E-state index contributed by atoms with van der Waals surface area (Å²) in [6, 6.07) is 14.6. The first-order valence-electron chi connectivity index (χ1n) is 7.02. The Bertz CT molecular complexity index is 612. The van der Waals surface area contributed by atoms with Gasteiger partial charge in [-0.15, -0.1) is 0 Å². The van der Waals surface area contributed by atoms with Crippen LogP contribution in [0.3, 0.4) is 0 Å². The van der Waals surface area contributed by atoms with Gasteiger partial charge in [-0.3, -0.25) is 4.79 Å². The van der Waals surface area contributed by atoms with Gasteiger partial charge in [0.15, 0.2) is 0 Å². The maximum Gasteiger partial charge on any atom is 0.259 e. The fourth-order valence-corrected chi connectivity index (χ4v) is 2.00. The second kappa shape index (κ2) is 8.05. The predicted octanol–water partition coefficient (Wildman–Crippen LogP) is 3.01. The van der Waals surface area contributed by atoms with E-state index in [-0.39, 0.29) is 5.91 Å². The first kappa shape index (κ1) is 15.9. The molecule has 0 aliphatic carbocycles. The molecule has 1 amide bonds. The molecule has 0 unspecified atom stereocenters. The van der Waals surface area contributed by atoms with Gasteiger partial charge in [0.1, 0.15) is 5.75 Å². The van der Waals surface area contributed by atoms with Crippen LogP contribution in [-0.4, -0.2) is 33.3 Å². The average Bonchev–Trinajstić information content (AvgIpc) is 2.56. The van der Waals surface area contributed by atoms with E-state index in [4.69, 9.17) is 9.47 Å². The highest BCUT2D eigenvalue weighted by Crippen LogP contribution is 2.20. The number of nitrogens with one attached hydrogen (secondary N) is 2. The Morgan fingerprint density at radius 1 is 1.00 bits per heavy atom. The van der Waals surface area contributed by atoms with Crippen LogP contribution in [-0.2, 0) is 4.74 Å². The van der Waals surface area contributed by atoms with Crippen LogP contribution in [0.15, 0.2) is 48.5 Å². The molecule has 2 aromatic rings. The van der Waals surface area contributed by atoms with Crippen LogP contribution >= 0.6 is 0 Å². The van der Waals surface area contributed by atoms with E-state index in [0.717, 1.165) is 17.9 Å². The predicted molar refractivity (Wildman–Crippen MR) is 87.8 cm³/mol. The molecule has 0 aliphatic rings. The summed E-state index contributed by atoms with van der Waals surface area (Å²) in [5, 5.41) is 6.07. The van der Waals surface area contributed by atoms with Crippen molar-refractivity contribution in [2.45, 2.75) is 0 Å². The molecule has 2 N–H and O–H groups in total. The Morgan fingerprint density at radius 2 is 1.68 bits per heavy atom. The van der Waals surface area contributed by atoms with Crippen LogP contribution in [0.25, 0.3) is 0 Å². The Hall–Kier alpha value is -2.53. The first-order chi connectivity index (χ1) is 10.7. The van der Waals surface area contributed by atoms with Crippen molar-refractivity contribution in [3.05, 3.63) is 54.1 Å². The molecule has 0 aliphatic heterocycles. The van der Waals surface area contributed by atoms with Crippen LogP contribution in [0.2, 0.25) is 0 Å². The normalized spacial score (nSPS) is 10.1. The van der Waals surface area contributed by atoms with Gasteiger partial charge in [0, 0.05) is 25.0 Å². The molecule has 0 spiro atoms. The third-order valence-corrected chi connectivity index (χ3v) is 3.13. The molecule has 0 heterocycles. The molecule has 0 atom stereocenters. The minimum Gasteiger partial charge on any atom is -0.496 e. The SMILES string of the molecule is COCCNc1ccc(NC(=O)c2ccccc2OC)cc1. The van der Waals surface area contributed by atoms with Gasteiger partial charge in [0.2, 0.25) is 0 Å². The number of methoxy groups -OCH3 is 2. The van der Waals surface area contributed by atoms with E-state index in [9.17, 15) is 4.79 Å². The second-order valence-electron chi connectivity index (χ2n) is 4.65. The Morgan fingerprint density at radius 3 is 2.36 bits per heavy atom. The highest BCUT2D eigenvalue weighted by molar-refractivity contribution is 6.06. The summed E-state index contributed by atoms with van der Waals surface area (Å²) in [5.41, 5.74) is 2.22. The summed E-state index contributed by atoms with van der Waals surface area (Å²) in [4.78, 5) is 12.3. The number of amides is 1. The lowest BCUT2D eigenvalue weighted by Gasteiger charge is -2.10. The van der Waals surface area contributed by atoms with Gasteiger partial charge >= 0.3 is 0 Å². The van der Waals surface area contributed by atoms with E-state index in [2.05, 4.69) is 10.6 Å². The maximum absolute atomic E-state index is 12.3. The Labute approximate surface area is 130 Å². The van der Waals surface area contributed by atoms with Crippen molar-refractivity contribution in [2.75, 3.05) is 38.0 Å². The van der Waals surface area contributed by atoms with Crippen LogP contribution < -0.4 is 15.4 Å². The van der Waals surface area contributed by atoms with Crippen molar-refractivity contribution < 1.29 is 14.3 Å². The van der Waals surface area contributed by atoms with E-state index in [0.29, 0.717) is 17.9 Å². The zero-order valence-electron chi connectivity index (χ0n) is 12.8. The first-order valence-corrected chi connectivity index (χ1v) is 7.02. The van der Waals surface area contributed by atoms with Gasteiger partial charge in [-0.1, -0.05) is 12.1 Å². The molecule has 2 rings (SSSR count). The van der Waals surface area contributed by atoms with Gasteiger partial charge in [-0.25, -0.2) is 0 Å². The monoisotopic (exact) mass is 300 g/mol. The van der Waals surface area contributed by atoms with Crippen LogP contribution in [0.4, 0.5) is 11.4 Å². The van der Waals surface area contributed by atoms with E-state index in [1.54, 1.807) is 32.4 Å². The highest BCUT2D eigenvalue weighted by atomic mass is 16.5. The third-order valence-electron chi connectivity index (χ3n) is 3.13. The van der Waals surface area contributed by atoms with Crippen molar-refractivity contribution in [1.29, 1.82) is 0 Å². The molecular formula is C17H20N2O3. The number of carbonyl (C=O) groups is 1. The quantitative estimate of drug-likeness (QED) is 0.772. The lowest BCUT2D eigenvalue weighted by molar-refractivity contribution is 0.102. The number of hydrogen-bond donors (Lipinski definition) is 2. The van der Waals surface area contributed by atoms with E-state index >= 15 is 0 Å². The largest absolute Gasteiger partial charge is 0.496 e. The van der Waals surface area contributed by atoms with Gasteiger partial charge in [0.25, 0.3) is 5.91 Å². The third kappa shape index (κ3) is 4.23. The lowest BCUT2D eigenvalue weighted by Crippen LogP contribution is -2.13. The zero-order valence-corrected chi connectivity index (χ0v) is 12.8. The molecule has 2 aromatic carbocycles. The fourth-order valence-electron chi connectivity index (χ4n) is 2.00. The topological polar surface area (TPSA) is 59.6 Å².